The summed E-state index contributed by atoms with van der Waals surface area (Å²) in [6.07, 6.45) is 1.06. The number of halogens is 1. The highest BCUT2D eigenvalue weighted by Crippen LogP contribution is 2.11. The molecule has 120 valence electrons. The van der Waals surface area contributed by atoms with E-state index in [1.807, 2.05) is 36.4 Å². The van der Waals surface area contributed by atoms with E-state index in [-0.39, 0.29) is 11.8 Å². The molecule has 0 aliphatic rings. The van der Waals surface area contributed by atoms with Gasteiger partial charge in [-0.15, -0.1) is 0 Å². The molecule has 0 radical (unpaired) electrons. The summed E-state index contributed by atoms with van der Waals surface area (Å²) in [4.78, 5) is 22.9. The summed E-state index contributed by atoms with van der Waals surface area (Å²) in [7, 11) is 0. The molecular formula is C18H19ClN2O2. The van der Waals surface area contributed by atoms with Gasteiger partial charge in [-0.1, -0.05) is 35.9 Å². The Kier molecular flexibility index (Phi) is 6.18. The van der Waals surface area contributed by atoms with Gasteiger partial charge in [0, 0.05) is 24.2 Å². The van der Waals surface area contributed by atoms with E-state index in [1.54, 1.807) is 12.1 Å². The fourth-order valence-electron chi connectivity index (χ4n) is 2.20. The number of benzene rings is 2. The maximum Gasteiger partial charge on any atom is 0.224 e. The maximum atomic E-state index is 11.9. The van der Waals surface area contributed by atoms with Crippen LogP contribution < -0.4 is 10.6 Å². The van der Waals surface area contributed by atoms with Crippen LogP contribution in [0, 0.1) is 0 Å². The van der Waals surface area contributed by atoms with Crippen molar-refractivity contribution in [3.63, 3.8) is 0 Å². The van der Waals surface area contributed by atoms with Crippen molar-refractivity contribution < 1.29 is 9.59 Å². The molecule has 5 heteroatoms. The van der Waals surface area contributed by atoms with Gasteiger partial charge in [0.2, 0.25) is 11.8 Å². The second-order valence-corrected chi connectivity index (χ2v) is 5.72. The molecular weight excluding hydrogens is 312 g/mol. The molecule has 0 spiro atoms. The lowest BCUT2D eigenvalue weighted by Crippen LogP contribution is -2.27. The molecule has 2 aromatic rings. The summed E-state index contributed by atoms with van der Waals surface area (Å²) in [5.41, 5.74) is 2.72. The molecule has 2 amide bonds. The molecule has 0 aliphatic heterocycles. The van der Waals surface area contributed by atoms with Gasteiger partial charge in [-0.25, -0.2) is 0 Å². The minimum Gasteiger partial charge on any atom is -0.355 e. The molecule has 0 unspecified atom stereocenters. The summed E-state index contributed by atoms with van der Waals surface area (Å²) in [6.45, 7) is 2.03. The summed E-state index contributed by atoms with van der Waals surface area (Å²) in [5.74, 6) is -0.143. The lowest BCUT2D eigenvalue weighted by Gasteiger charge is -2.07. The first kappa shape index (κ1) is 17.0. The van der Waals surface area contributed by atoms with Crippen LogP contribution in [0.1, 0.15) is 18.1 Å². The van der Waals surface area contributed by atoms with Crippen molar-refractivity contribution in [2.45, 2.75) is 19.8 Å². The first-order valence-electron chi connectivity index (χ1n) is 7.40. The Bertz CT molecular complexity index is 684. The highest BCUT2D eigenvalue weighted by Gasteiger charge is 2.04. The van der Waals surface area contributed by atoms with Crippen LogP contribution in [0.2, 0.25) is 5.02 Å². The van der Waals surface area contributed by atoms with Crippen LogP contribution in [0.25, 0.3) is 0 Å². The smallest absolute Gasteiger partial charge is 0.224 e. The molecule has 2 rings (SSSR count). The number of hydrogen-bond acceptors (Lipinski definition) is 2. The first-order chi connectivity index (χ1) is 11.0. The Hall–Kier alpha value is -2.33. The van der Waals surface area contributed by atoms with Crippen molar-refractivity contribution in [1.82, 2.24) is 5.32 Å². The second-order valence-electron chi connectivity index (χ2n) is 5.28. The minimum absolute atomic E-state index is 0.0284. The van der Waals surface area contributed by atoms with Crippen molar-refractivity contribution in [3.05, 3.63) is 64.7 Å². The summed E-state index contributed by atoms with van der Waals surface area (Å²) in [6, 6.07) is 14.9. The van der Waals surface area contributed by atoms with Crippen LogP contribution in [-0.4, -0.2) is 18.4 Å². The molecule has 0 heterocycles. The SMILES string of the molecule is CC(=O)Nc1ccc(CC(=O)NCCc2cccc(Cl)c2)cc1. The zero-order valence-corrected chi connectivity index (χ0v) is 13.7. The minimum atomic E-state index is -0.114. The van der Waals surface area contributed by atoms with Crippen LogP contribution in [0.5, 0.6) is 0 Å². The zero-order chi connectivity index (χ0) is 16.7. The normalized spacial score (nSPS) is 10.2. The largest absolute Gasteiger partial charge is 0.355 e. The van der Waals surface area contributed by atoms with Gasteiger partial charge in [-0.3, -0.25) is 9.59 Å². The lowest BCUT2D eigenvalue weighted by molar-refractivity contribution is -0.120. The highest BCUT2D eigenvalue weighted by atomic mass is 35.5. The fraction of sp³-hybridized carbons (Fsp3) is 0.222. The average molecular weight is 331 g/mol. The molecule has 23 heavy (non-hydrogen) atoms. The second kappa shape index (κ2) is 8.34. The number of rotatable bonds is 6. The van der Waals surface area contributed by atoms with E-state index in [9.17, 15) is 9.59 Å². The number of anilines is 1. The van der Waals surface area contributed by atoms with E-state index >= 15 is 0 Å². The Morgan fingerprint density at radius 1 is 1.04 bits per heavy atom. The predicted octanol–water partition coefficient (Wildman–Crippen LogP) is 3.20. The molecule has 2 aromatic carbocycles. The maximum absolute atomic E-state index is 11.9. The van der Waals surface area contributed by atoms with Crippen LogP contribution >= 0.6 is 11.6 Å². The van der Waals surface area contributed by atoms with Crippen molar-refractivity contribution in [1.29, 1.82) is 0 Å². The average Bonchev–Trinajstić information content (AvgIpc) is 2.49. The Labute approximate surface area is 140 Å². The van der Waals surface area contributed by atoms with E-state index in [4.69, 9.17) is 11.6 Å². The Morgan fingerprint density at radius 3 is 2.43 bits per heavy atom. The van der Waals surface area contributed by atoms with Gasteiger partial charge in [0.25, 0.3) is 0 Å². The van der Waals surface area contributed by atoms with Crippen LogP contribution in [-0.2, 0) is 22.4 Å². The number of carbonyl (C=O) groups is 2. The monoisotopic (exact) mass is 330 g/mol. The van der Waals surface area contributed by atoms with Crippen molar-refractivity contribution in [3.8, 4) is 0 Å². The number of carbonyl (C=O) groups excluding carboxylic acids is 2. The van der Waals surface area contributed by atoms with Crippen LogP contribution in [0.3, 0.4) is 0 Å². The molecule has 0 aromatic heterocycles. The van der Waals surface area contributed by atoms with Crippen molar-refractivity contribution >= 4 is 29.1 Å². The van der Waals surface area contributed by atoms with E-state index in [2.05, 4.69) is 10.6 Å². The third-order valence-electron chi connectivity index (χ3n) is 3.26. The highest BCUT2D eigenvalue weighted by molar-refractivity contribution is 6.30. The first-order valence-corrected chi connectivity index (χ1v) is 7.78. The van der Waals surface area contributed by atoms with Gasteiger partial charge in [0.05, 0.1) is 6.42 Å². The molecule has 4 nitrogen and oxygen atoms in total. The van der Waals surface area contributed by atoms with Crippen LogP contribution in [0.4, 0.5) is 5.69 Å². The van der Waals surface area contributed by atoms with Gasteiger partial charge < -0.3 is 10.6 Å². The Morgan fingerprint density at radius 2 is 1.78 bits per heavy atom. The fourth-order valence-corrected chi connectivity index (χ4v) is 2.41. The van der Waals surface area contributed by atoms with E-state index < -0.39 is 0 Å². The van der Waals surface area contributed by atoms with Gasteiger partial charge in [0.15, 0.2) is 0 Å². The standard InChI is InChI=1S/C18H19ClN2O2/c1-13(22)21-17-7-5-15(6-8-17)12-18(23)20-10-9-14-3-2-4-16(19)11-14/h2-8,11H,9-10,12H2,1H3,(H,20,23)(H,21,22). The number of hydrogen-bond donors (Lipinski definition) is 2. The lowest BCUT2D eigenvalue weighted by atomic mass is 10.1. The summed E-state index contributed by atoms with van der Waals surface area (Å²) in [5, 5.41) is 6.29. The number of amides is 2. The van der Waals surface area contributed by atoms with Gasteiger partial charge in [0.1, 0.15) is 0 Å². The third kappa shape index (κ3) is 6.12. The quantitative estimate of drug-likeness (QED) is 0.854. The van der Waals surface area contributed by atoms with Gasteiger partial charge in [-0.2, -0.15) is 0 Å². The molecule has 0 atom stereocenters. The number of nitrogens with one attached hydrogen (secondary N) is 2. The summed E-state index contributed by atoms with van der Waals surface area (Å²) >= 11 is 5.92. The Balaban J connectivity index is 1.77. The van der Waals surface area contributed by atoms with E-state index in [0.29, 0.717) is 18.0 Å². The summed E-state index contributed by atoms with van der Waals surface area (Å²) < 4.78 is 0. The predicted molar refractivity (Wildman–Crippen MR) is 92.6 cm³/mol. The molecule has 0 bridgehead atoms. The molecule has 0 saturated heterocycles. The molecule has 0 aliphatic carbocycles. The van der Waals surface area contributed by atoms with Crippen molar-refractivity contribution in [2.24, 2.45) is 0 Å². The molecule has 0 saturated carbocycles. The van der Waals surface area contributed by atoms with Crippen LogP contribution in [0.15, 0.2) is 48.5 Å². The third-order valence-corrected chi connectivity index (χ3v) is 3.50. The van der Waals surface area contributed by atoms with Gasteiger partial charge >= 0.3 is 0 Å². The molecule has 0 fully saturated rings. The van der Waals surface area contributed by atoms with Gasteiger partial charge in [-0.05, 0) is 41.8 Å². The topological polar surface area (TPSA) is 58.2 Å². The van der Waals surface area contributed by atoms with Crippen molar-refractivity contribution in [2.75, 3.05) is 11.9 Å². The zero-order valence-electron chi connectivity index (χ0n) is 12.9. The molecule has 2 N–H and O–H groups in total. The van der Waals surface area contributed by atoms with E-state index in [0.717, 1.165) is 23.2 Å². The van der Waals surface area contributed by atoms with E-state index in [1.165, 1.54) is 6.92 Å².